The maximum Gasteiger partial charge on any atom is 0.114 e. The lowest BCUT2D eigenvalue weighted by atomic mass is 10.0. The summed E-state index contributed by atoms with van der Waals surface area (Å²) < 4.78 is 11.0. The zero-order valence-corrected chi connectivity index (χ0v) is 20.1. The van der Waals surface area contributed by atoms with Crippen LogP contribution < -0.4 is 0 Å². The molecule has 1 saturated heterocycles. The third-order valence-corrected chi connectivity index (χ3v) is 6.22. The maximum atomic E-state index is 10.1. The zero-order valence-electron chi connectivity index (χ0n) is 20.1. The van der Waals surface area contributed by atoms with Crippen molar-refractivity contribution in [1.82, 2.24) is 0 Å². The Balaban J connectivity index is 1.81. The minimum atomic E-state index is -1.06. The van der Waals surface area contributed by atoms with Crippen molar-refractivity contribution in [2.24, 2.45) is 0 Å². The average Bonchev–Trinajstić information content (AvgIpc) is 3.15. The number of ether oxygens (including phenoxy) is 2. The quantitative estimate of drug-likeness (QED) is 0.166. The molecule has 5 nitrogen and oxygen atoms in total. The fourth-order valence-corrected chi connectivity index (χ4v) is 4.16. The molecular formula is C26H50O5. The van der Waals surface area contributed by atoms with Crippen LogP contribution in [0, 0.1) is 0 Å². The van der Waals surface area contributed by atoms with Crippen molar-refractivity contribution in [3.05, 3.63) is 12.2 Å². The Bertz CT molecular complexity index is 415. The van der Waals surface area contributed by atoms with E-state index in [1.807, 2.05) is 0 Å². The molecule has 1 heterocycles. The molecule has 0 spiro atoms. The van der Waals surface area contributed by atoms with E-state index in [2.05, 4.69) is 19.1 Å². The largest absolute Gasteiger partial charge is 0.394 e. The van der Waals surface area contributed by atoms with E-state index < -0.39 is 31.0 Å². The number of aliphatic hydroxyl groups excluding tert-OH is 3. The molecule has 3 N–H and O–H groups in total. The van der Waals surface area contributed by atoms with E-state index in [1.54, 1.807) is 0 Å². The molecule has 1 fully saturated rings. The highest BCUT2D eigenvalue weighted by Gasteiger charge is 2.40. The summed E-state index contributed by atoms with van der Waals surface area (Å²) in [6.45, 7) is 2.69. The molecule has 0 aromatic rings. The fourth-order valence-electron chi connectivity index (χ4n) is 4.16. The van der Waals surface area contributed by atoms with Gasteiger partial charge in [0.1, 0.15) is 24.4 Å². The van der Waals surface area contributed by atoms with Gasteiger partial charge in [-0.05, 0) is 25.7 Å². The first kappa shape index (κ1) is 28.6. The normalized spacial score (nSPS) is 22.5. The molecule has 0 bridgehead atoms. The molecule has 5 heteroatoms. The molecule has 0 unspecified atom stereocenters. The van der Waals surface area contributed by atoms with Crippen LogP contribution >= 0.6 is 0 Å². The molecule has 0 aromatic heterocycles. The Kier molecular flexibility index (Phi) is 18.6. The summed E-state index contributed by atoms with van der Waals surface area (Å²) >= 11 is 0. The SMILES string of the molecule is CCCCCCCCCCCCCCC/C=C/CCCO[C@@H]1CO[C@@H]([C@@H](O)CO)[C@H]1O. The van der Waals surface area contributed by atoms with Gasteiger partial charge in [0, 0.05) is 6.61 Å². The van der Waals surface area contributed by atoms with Gasteiger partial charge in [-0.1, -0.05) is 96.1 Å². The van der Waals surface area contributed by atoms with Gasteiger partial charge < -0.3 is 24.8 Å². The van der Waals surface area contributed by atoms with Crippen molar-refractivity contribution in [3.8, 4) is 0 Å². The molecule has 0 aliphatic carbocycles. The Labute approximate surface area is 191 Å². The fraction of sp³-hybridized carbons (Fsp3) is 0.923. The summed E-state index contributed by atoms with van der Waals surface area (Å²) in [4.78, 5) is 0. The molecule has 0 radical (unpaired) electrons. The molecular weight excluding hydrogens is 392 g/mol. The van der Waals surface area contributed by atoms with Crippen LogP contribution in [0.15, 0.2) is 12.2 Å². The van der Waals surface area contributed by atoms with Crippen molar-refractivity contribution in [2.75, 3.05) is 19.8 Å². The van der Waals surface area contributed by atoms with Crippen molar-refractivity contribution >= 4 is 0 Å². The number of unbranched alkanes of at least 4 members (excludes halogenated alkanes) is 14. The van der Waals surface area contributed by atoms with Crippen LogP contribution in [-0.2, 0) is 9.47 Å². The van der Waals surface area contributed by atoms with Crippen molar-refractivity contribution in [3.63, 3.8) is 0 Å². The van der Waals surface area contributed by atoms with Gasteiger partial charge in [-0.25, -0.2) is 0 Å². The van der Waals surface area contributed by atoms with Gasteiger partial charge in [-0.15, -0.1) is 0 Å². The topological polar surface area (TPSA) is 79.2 Å². The number of rotatable bonds is 21. The number of allylic oxidation sites excluding steroid dienone is 2. The summed E-state index contributed by atoms with van der Waals surface area (Å²) in [7, 11) is 0. The second-order valence-electron chi connectivity index (χ2n) is 9.09. The van der Waals surface area contributed by atoms with E-state index in [9.17, 15) is 10.2 Å². The summed E-state index contributed by atoms with van der Waals surface area (Å²) in [5, 5.41) is 28.6. The standard InChI is InChI=1S/C26H50O5/c1-2-3-4-5-6-7-8-9-10-11-12-13-14-15-16-17-18-19-20-30-24-22-31-26(25(24)29)23(28)21-27/h16-17,23-29H,2-15,18-22H2,1H3/b17-16+/t23-,24+,25-,26-/m0/s1. The lowest BCUT2D eigenvalue weighted by Crippen LogP contribution is -2.41. The summed E-state index contributed by atoms with van der Waals surface area (Å²) in [5.41, 5.74) is 0. The van der Waals surface area contributed by atoms with Gasteiger partial charge >= 0.3 is 0 Å². The number of aliphatic hydroxyl groups is 3. The second-order valence-corrected chi connectivity index (χ2v) is 9.09. The Morgan fingerprint density at radius 1 is 0.839 bits per heavy atom. The highest BCUT2D eigenvalue weighted by Crippen LogP contribution is 2.20. The monoisotopic (exact) mass is 442 g/mol. The van der Waals surface area contributed by atoms with Crippen LogP contribution in [0.4, 0.5) is 0 Å². The summed E-state index contributed by atoms with van der Waals surface area (Å²) in [6, 6.07) is 0. The van der Waals surface area contributed by atoms with Gasteiger partial charge in [-0.2, -0.15) is 0 Å². The zero-order chi connectivity index (χ0) is 22.6. The molecule has 1 aliphatic heterocycles. The van der Waals surface area contributed by atoms with Crippen molar-refractivity contribution < 1.29 is 24.8 Å². The number of hydrogen-bond acceptors (Lipinski definition) is 5. The molecule has 0 aromatic carbocycles. The van der Waals surface area contributed by atoms with E-state index in [-0.39, 0.29) is 6.61 Å². The molecule has 1 aliphatic rings. The molecule has 31 heavy (non-hydrogen) atoms. The summed E-state index contributed by atoms with van der Waals surface area (Å²) in [5.74, 6) is 0. The average molecular weight is 443 g/mol. The van der Waals surface area contributed by atoms with E-state index in [4.69, 9.17) is 14.6 Å². The minimum Gasteiger partial charge on any atom is -0.394 e. The van der Waals surface area contributed by atoms with E-state index in [1.165, 1.54) is 83.5 Å². The number of hydrogen-bond donors (Lipinski definition) is 3. The van der Waals surface area contributed by atoms with E-state index in [0.717, 1.165) is 19.3 Å². The van der Waals surface area contributed by atoms with Crippen LogP contribution in [0.2, 0.25) is 0 Å². The first-order valence-electron chi connectivity index (χ1n) is 13.1. The third-order valence-electron chi connectivity index (χ3n) is 6.22. The predicted octanol–water partition coefficient (Wildman–Crippen LogP) is 5.30. The molecule has 184 valence electrons. The van der Waals surface area contributed by atoms with Crippen LogP contribution in [-0.4, -0.2) is 59.6 Å². The van der Waals surface area contributed by atoms with E-state index in [0.29, 0.717) is 6.61 Å². The van der Waals surface area contributed by atoms with Gasteiger partial charge in [0.05, 0.1) is 13.2 Å². The highest BCUT2D eigenvalue weighted by molar-refractivity contribution is 4.89. The highest BCUT2D eigenvalue weighted by atomic mass is 16.6. The Hall–Kier alpha value is -0.460. The lowest BCUT2D eigenvalue weighted by Gasteiger charge is -2.20. The van der Waals surface area contributed by atoms with Crippen LogP contribution in [0.5, 0.6) is 0 Å². The lowest BCUT2D eigenvalue weighted by molar-refractivity contribution is -0.0729. The smallest absolute Gasteiger partial charge is 0.114 e. The third kappa shape index (κ3) is 14.3. The van der Waals surface area contributed by atoms with Gasteiger partial charge in [-0.3, -0.25) is 0 Å². The van der Waals surface area contributed by atoms with Gasteiger partial charge in [0.25, 0.3) is 0 Å². The minimum absolute atomic E-state index is 0.262. The molecule has 0 amide bonds. The van der Waals surface area contributed by atoms with Crippen LogP contribution in [0.3, 0.4) is 0 Å². The second kappa shape index (κ2) is 20.2. The Morgan fingerprint density at radius 3 is 1.90 bits per heavy atom. The molecule has 4 atom stereocenters. The van der Waals surface area contributed by atoms with Gasteiger partial charge in [0.15, 0.2) is 0 Å². The first-order valence-corrected chi connectivity index (χ1v) is 13.1. The molecule has 0 saturated carbocycles. The molecule has 1 rings (SSSR count). The van der Waals surface area contributed by atoms with Crippen molar-refractivity contribution in [1.29, 1.82) is 0 Å². The van der Waals surface area contributed by atoms with Crippen LogP contribution in [0.25, 0.3) is 0 Å². The van der Waals surface area contributed by atoms with Crippen LogP contribution in [0.1, 0.15) is 110 Å². The summed E-state index contributed by atoms with van der Waals surface area (Å²) in [6.07, 6.45) is 22.6. The van der Waals surface area contributed by atoms with Gasteiger partial charge in [0.2, 0.25) is 0 Å². The van der Waals surface area contributed by atoms with E-state index >= 15 is 0 Å². The first-order chi connectivity index (χ1) is 15.2. The maximum absolute atomic E-state index is 10.1. The Morgan fingerprint density at radius 2 is 1.35 bits per heavy atom. The van der Waals surface area contributed by atoms with Crippen molar-refractivity contribution in [2.45, 2.75) is 134 Å². The predicted molar refractivity (Wildman–Crippen MR) is 127 cm³/mol.